The van der Waals surface area contributed by atoms with Gasteiger partial charge in [0.05, 0.1) is 30.6 Å². The number of nitrogens with two attached hydrogens (primary N) is 1. The van der Waals surface area contributed by atoms with Gasteiger partial charge in [-0.3, -0.25) is 0 Å². The van der Waals surface area contributed by atoms with Crippen molar-refractivity contribution in [2.45, 2.75) is 31.4 Å². The lowest BCUT2D eigenvalue weighted by Crippen LogP contribution is -2.49. The molecule has 3 rings (SSSR count). The molecule has 1 aliphatic carbocycles. The molecule has 0 amide bonds. The van der Waals surface area contributed by atoms with Crippen LogP contribution in [-0.4, -0.2) is 41.4 Å². The summed E-state index contributed by atoms with van der Waals surface area (Å²) in [6.45, 7) is 1.30. The van der Waals surface area contributed by atoms with E-state index in [1.807, 2.05) is 0 Å². The van der Waals surface area contributed by atoms with Gasteiger partial charge in [0.1, 0.15) is 11.4 Å². The fourth-order valence-electron chi connectivity index (χ4n) is 3.05. The lowest BCUT2D eigenvalue weighted by Gasteiger charge is -2.39. The van der Waals surface area contributed by atoms with Gasteiger partial charge in [0, 0.05) is 6.54 Å². The summed E-state index contributed by atoms with van der Waals surface area (Å²) in [5.74, 6) is -0.474. The Morgan fingerprint density at radius 2 is 2.37 bits per heavy atom. The lowest BCUT2D eigenvalue weighted by molar-refractivity contribution is 0.0251. The lowest BCUT2D eigenvalue weighted by atomic mass is 10.1. The van der Waals surface area contributed by atoms with Crippen LogP contribution in [0.5, 0.6) is 0 Å². The third kappa shape index (κ3) is 2.12. The zero-order valence-corrected chi connectivity index (χ0v) is 10.6. The van der Waals surface area contributed by atoms with Crippen LogP contribution in [0.4, 0.5) is 11.5 Å². The Kier molecular flexibility index (Phi) is 3.02. The number of nitrogens with zero attached hydrogens (tertiary/aromatic N) is 2. The highest BCUT2D eigenvalue weighted by molar-refractivity contribution is 5.94. The second-order valence-corrected chi connectivity index (χ2v) is 5.05. The van der Waals surface area contributed by atoms with E-state index in [9.17, 15) is 9.90 Å². The number of aromatic carboxylic acids is 1. The average Bonchev–Trinajstić information content (AvgIpc) is 2.86. The van der Waals surface area contributed by atoms with E-state index < -0.39 is 5.97 Å². The highest BCUT2D eigenvalue weighted by Gasteiger charge is 2.38. The number of ether oxygens (including phenoxy) is 1. The molecule has 2 heterocycles. The van der Waals surface area contributed by atoms with Crippen LogP contribution < -0.4 is 10.6 Å². The van der Waals surface area contributed by atoms with E-state index in [4.69, 9.17) is 10.5 Å². The van der Waals surface area contributed by atoms with Crippen molar-refractivity contribution >= 4 is 17.5 Å². The van der Waals surface area contributed by atoms with Crippen molar-refractivity contribution in [1.29, 1.82) is 0 Å². The van der Waals surface area contributed by atoms with Gasteiger partial charge in [-0.2, -0.15) is 0 Å². The maximum Gasteiger partial charge on any atom is 0.339 e. The molecule has 6 heteroatoms. The maximum atomic E-state index is 11.4. The smallest absolute Gasteiger partial charge is 0.339 e. The van der Waals surface area contributed by atoms with Gasteiger partial charge in [-0.15, -0.1) is 0 Å². The molecule has 6 nitrogen and oxygen atoms in total. The highest BCUT2D eigenvalue weighted by Crippen LogP contribution is 2.34. The zero-order chi connectivity index (χ0) is 13.4. The Morgan fingerprint density at radius 3 is 3.16 bits per heavy atom. The number of carboxylic acids is 1. The molecule has 0 aromatic carbocycles. The van der Waals surface area contributed by atoms with Crippen molar-refractivity contribution in [1.82, 2.24) is 4.98 Å². The molecule has 1 aliphatic heterocycles. The third-order valence-electron chi connectivity index (χ3n) is 3.87. The van der Waals surface area contributed by atoms with Gasteiger partial charge in [0.2, 0.25) is 0 Å². The molecule has 2 aliphatic rings. The zero-order valence-electron chi connectivity index (χ0n) is 10.6. The van der Waals surface area contributed by atoms with Crippen LogP contribution in [0.1, 0.15) is 29.6 Å². The standard InChI is InChI=1S/C13H17N3O3/c14-8-6-9(13(17)18)12(15-7-8)16-4-5-19-11-3-1-2-10(11)16/h6-7,10-11H,1-5,14H2,(H,17,18). The van der Waals surface area contributed by atoms with Crippen molar-refractivity contribution in [2.24, 2.45) is 0 Å². The number of carboxylic acid groups (broad SMARTS) is 1. The van der Waals surface area contributed by atoms with Crippen molar-refractivity contribution < 1.29 is 14.6 Å². The number of aromatic nitrogens is 1. The fourth-order valence-corrected chi connectivity index (χ4v) is 3.05. The first-order valence-electron chi connectivity index (χ1n) is 6.54. The Balaban J connectivity index is 1.98. The van der Waals surface area contributed by atoms with E-state index in [1.165, 1.54) is 12.3 Å². The molecule has 102 valence electrons. The first-order chi connectivity index (χ1) is 9.16. The summed E-state index contributed by atoms with van der Waals surface area (Å²) in [7, 11) is 0. The second-order valence-electron chi connectivity index (χ2n) is 5.05. The SMILES string of the molecule is Nc1cnc(N2CCOC3CCCC32)c(C(=O)O)c1. The van der Waals surface area contributed by atoms with E-state index in [-0.39, 0.29) is 17.7 Å². The number of morpholine rings is 1. The number of carbonyl (C=O) groups is 1. The molecule has 1 aromatic heterocycles. The van der Waals surface area contributed by atoms with Crippen molar-refractivity contribution in [3.63, 3.8) is 0 Å². The summed E-state index contributed by atoms with van der Waals surface area (Å²) in [4.78, 5) is 17.7. The van der Waals surface area contributed by atoms with E-state index in [2.05, 4.69) is 9.88 Å². The molecule has 0 bridgehead atoms. The number of hydrogen-bond acceptors (Lipinski definition) is 5. The topological polar surface area (TPSA) is 88.7 Å². The predicted molar refractivity (Wildman–Crippen MR) is 70.3 cm³/mol. The number of fused-ring (bicyclic) bond motifs is 1. The van der Waals surface area contributed by atoms with E-state index >= 15 is 0 Å². The largest absolute Gasteiger partial charge is 0.478 e. The molecule has 0 radical (unpaired) electrons. The summed E-state index contributed by atoms with van der Waals surface area (Å²) in [6.07, 6.45) is 4.90. The summed E-state index contributed by atoms with van der Waals surface area (Å²) < 4.78 is 5.74. The quantitative estimate of drug-likeness (QED) is 0.831. The molecule has 19 heavy (non-hydrogen) atoms. The molecule has 0 spiro atoms. The van der Waals surface area contributed by atoms with E-state index in [1.54, 1.807) is 0 Å². The Labute approximate surface area is 111 Å². The van der Waals surface area contributed by atoms with Gasteiger partial charge in [0.25, 0.3) is 0 Å². The normalized spacial score (nSPS) is 26.2. The average molecular weight is 263 g/mol. The number of nitrogen functional groups attached to an aromatic ring is 1. The van der Waals surface area contributed by atoms with Crippen LogP contribution in [0.15, 0.2) is 12.3 Å². The monoisotopic (exact) mass is 263 g/mol. The van der Waals surface area contributed by atoms with E-state index in [0.717, 1.165) is 19.3 Å². The van der Waals surface area contributed by atoms with Gasteiger partial charge in [-0.05, 0) is 25.3 Å². The first-order valence-corrected chi connectivity index (χ1v) is 6.54. The maximum absolute atomic E-state index is 11.4. The Hall–Kier alpha value is -1.82. The van der Waals surface area contributed by atoms with Crippen LogP contribution in [-0.2, 0) is 4.74 Å². The molecule has 1 saturated carbocycles. The minimum absolute atomic E-state index is 0.174. The first kappa shape index (κ1) is 12.2. The fraction of sp³-hybridized carbons (Fsp3) is 0.538. The van der Waals surface area contributed by atoms with Gasteiger partial charge in [-0.25, -0.2) is 9.78 Å². The summed E-state index contributed by atoms with van der Waals surface area (Å²) in [5.41, 5.74) is 6.18. The third-order valence-corrected chi connectivity index (χ3v) is 3.87. The van der Waals surface area contributed by atoms with Gasteiger partial charge >= 0.3 is 5.97 Å². The van der Waals surface area contributed by atoms with Crippen LogP contribution in [0.2, 0.25) is 0 Å². The van der Waals surface area contributed by atoms with Gasteiger partial charge < -0.3 is 20.5 Å². The highest BCUT2D eigenvalue weighted by atomic mass is 16.5. The summed E-state index contributed by atoms with van der Waals surface area (Å²) >= 11 is 0. The molecule has 2 atom stereocenters. The molecule has 2 unspecified atom stereocenters. The predicted octanol–water partition coefficient (Wildman–Crippen LogP) is 1.12. The van der Waals surface area contributed by atoms with Gasteiger partial charge in [0.15, 0.2) is 0 Å². The van der Waals surface area contributed by atoms with Crippen LogP contribution in [0, 0.1) is 0 Å². The molecular formula is C13H17N3O3. The number of anilines is 2. The second kappa shape index (κ2) is 4.70. The van der Waals surface area contributed by atoms with Crippen LogP contribution >= 0.6 is 0 Å². The van der Waals surface area contributed by atoms with Gasteiger partial charge in [-0.1, -0.05) is 0 Å². The minimum atomic E-state index is -0.990. The molecule has 3 N–H and O–H groups in total. The van der Waals surface area contributed by atoms with E-state index in [0.29, 0.717) is 24.7 Å². The minimum Gasteiger partial charge on any atom is -0.478 e. The number of hydrogen-bond donors (Lipinski definition) is 2. The van der Waals surface area contributed by atoms with Crippen LogP contribution in [0.3, 0.4) is 0 Å². The summed E-state index contributed by atoms with van der Waals surface area (Å²) in [6, 6.07) is 1.72. The molecular weight excluding hydrogens is 246 g/mol. The molecule has 2 fully saturated rings. The Bertz CT molecular complexity index is 506. The van der Waals surface area contributed by atoms with Crippen molar-refractivity contribution in [3.05, 3.63) is 17.8 Å². The molecule has 1 aromatic rings. The number of rotatable bonds is 2. The van der Waals surface area contributed by atoms with Crippen molar-refractivity contribution in [3.8, 4) is 0 Å². The number of pyridine rings is 1. The van der Waals surface area contributed by atoms with Crippen molar-refractivity contribution in [2.75, 3.05) is 23.8 Å². The summed E-state index contributed by atoms with van der Waals surface area (Å²) in [5, 5.41) is 9.31. The van der Waals surface area contributed by atoms with Crippen LogP contribution in [0.25, 0.3) is 0 Å². The molecule has 1 saturated heterocycles. The Morgan fingerprint density at radius 1 is 1.53 bits per heavy atom.